The van der Waals surface area contributed by atoms with Crippen LogP contribution in [0.5, 0.6) is 0 Å². The fraction of sp³-hybridized carbons (Fsp3) is 0.0588. The van der Waals surface area contributed by atoms with Crippen molar-refractivity contribution in [2.75, 3.05) is 0 Å². The number of hydrogen-bond donors (Lipinski definition) is 0. The molecule has 0 saturated heterocycles. The van der Waals surface area contributed by atoms with Crippen molar-refractivity contribution in [2.24, 2.45) is 0 Å². The summed E-state index contributed by atoms with van der Waals surface area (Å²) >= 11 is 0. The zero-order valence-corrected chi connectivity index (χ0v) is 11.5. The van der Waals surface area contributed by atoms with Crippen molar-refractivity contribution in [1.29, 1.82) is 0 Å². The number of rotatable bonds is 3. The second kappa shape index (κ2) is 5.37. The maximum absolute atomic E-state index is 12.4. The van der Waals surface area contributed by atoms with Gasteiger partial charge in [0.15, 0.2) is 11.6 Å². The summed E-state index contributed by atoms with van der Waals surface area (Å²) in [5.74, 6) is -0.360. The molecule has 3 rings (SSSR count). The van der Waals surface area contributed by atoms with E-state index in [0.29, 0.717) is 16.7 Å². The van der Waals surface area contributed by atoms with Gasteiger partial charge in [0.2, 0.25) is 0 Å². The standard InChI is InChI=1S/C17H11NO4/c19-16-10-12(17(20)15-4-2-1-3-14(15)16)9-11-5-7-13(8-6-11)18(21)22/h1-8,10H,9H2. The molecule has 2 aromatic rings. The molecule has 0 saturated carbocycles. The van der Waals surface area contributed by atoms with Gasteiger partial charge in [0.1, 0.15) is 0 Å². The van der Waals surface area contributed by atoms with Gasteiger partial charge in [-0.2, -0.15) is 0 Å². The smallest absolute Gasteiger partial charge is 0.269 e. The zero-order chi connectivity index (χ0) is 15.7. The largest absolute Gasteiger partial charge is 0.289 e. The molecule has 0 fully saturated rings. The van der Waals surface area contributed by atoms with Crippen molar-refractivity contribution >= 4 is 17.3 Å². The van der Waals surface area contributed by atoms with Crippen molar-refractivity contribution < 1.29 is 14.5 Å². The average molecular weight is 293 g/mol. The van der Waals surface area contributed by atoms with Crippen LogP contribution < -0.4 is 0 Å². The van der Waals surface area contributed by atoms with E-state index in [9.17, 15) is 19.7 Å². The Bertz CT molecular complexity index is 819. The molecule has 5 heteroatoms. The Morgan fingerprint density at radius 3 is 2.18 bits per heavy atom. The van der Waals surface area contributed by atoms with Crippen LogP contribution in [-0.4, -0.2) is 16.5 Å². The van der Waals surface area contributed by atoms with E-state index in [1.165, 1.54) is 18.2 Å². The van der Waals surface area contributed by atoms with Gasteiger partial charge < -0.3 is 0 Å². The van der Waals surface area contributed by atoms with E-state index in [2.05, 4.69) is 0 Å². The molecule has 0 amide bonds. The van der Waals surface area contributed by atoms with Crippen LogP contribution in [0.2, 0.25) is 0 Å². The molecule has 22 heavy (non-hydrogen) atoms. The molecule has 0 radical (unpaired) electrons. The molecule has 5 nitrogen and oxygen atoms in total. The Morgan fingerprint density at radius 2 is 1.55 bits per heavy atom. The predicted molar refractivity (Wildman–Crippen MR) is 80.0 cm³/mol. The van der Waals surface area contributed by atoms with Crippen molar-refractivity contribution in [2.45, 2.75) is 6.42 Å². The number of nitro benzene ring substituents is 1. The van der Waals surface area contributed by atoms with Crippen LogP contribution >= 0.6 is 0 Å². The van der Waals surface area contributed by atoms with Crippen molar-refractivity contribution in [3.05, 3.63) is 87.0 Å². The minimum absolute atomic E-state index is 0.00544. The molecule has 0 N–H and O–H groups in total. The monoisotopic (exact) mass is 293 g/mol. The average Bonchev–Trinajstić information content (AvgIpc) is 2.53. The summed E-state index contributed by atoms with van der Waals surface area (Å²) in [6, 6.07) is 12.7. The number of hydrogen-bond acceptors (Lipinski definition) is 4. The molecular formula is C17H11NO4. The minimum Gasteiger partial charge on any atom is -0.289 e. The van der Waals surface area contributed by atoms with Gasteiger partial charge in [0.25, 0.3) is 5.69 Å². The number of carbonyl (C=O) groups is 2. The minimum atomic E-state index is -0.478. The summed E-state index contributed by atoms with van der Waals surface area (Å²) in [5.41, 5.74) is 1.97. The first-order valence-electron chi connectivity index (χ1n) is 6.68. The topological polar surface area (TPSA) is 77.3 Å². The lowest BCUT2D eigenvalue weighted by Gasteiger charge is -2.14. The summed E-state index contributed by atoms with van der Waals surface area (Å²) in [7, 11) is 0. The van der Waals surface area contributed by atoms with Gasteiger partial charge in [-0.25, -0.2) is 0 Å². The zero-order valence-electron chi connectivity index (χ0n) is 11.5. The van der Waals surface area contributed by atoms with Crippen molar-refractivity contribution in [3.8, 4) is 0 Å². The number of ketones is 2. The van der Waals surface area contributed by atoms with Gasteiger partial charge in [0.05, 0.1) is 4.92 Å². The van der Waals surface area contributed by atoms with Crippen LogP contribution in [0, 0.1) is 10.1 Å². The second-order valence-corrected chi connectivity index (χ2v) is 5.01. The van der Waals surface area contributed by atoms with Gasteiger partial charge in [-0.15, -0.1) is 0 Å². The number of non-ortho nitro benzene ring substituents is 1. The Labute approximate surface area is 126 Å². The molecule has 0 atom stereocenters. The molecule has 0 unspecified atom stereocenters. The first-order valence-corrected chi connectivity index (χ1v) is 6.68. The van der Waals surface area contributed by atoms with Crippen LogP contribution in [0.1, 0.15) is 26.3 Å². The highest BCUT2D eigenvalue weighted by molar-refractivity contribution is 6.24. The van der Waals surface area contributed by atoms with E-state index in [4.69, 9.17) is 0 Å². The number of nitrogens with zero attached hydrogens (tertiary/aromatic N) is 1. The molecule has 1 aliphatic carbocycles. The number of Topliss-reactive ketones (excluding diaryl/α,β-unsaturated/α-hetero) is 1. The molecule has 108 valence electrons. The van der Waals surface area contributed by atoms with E-state index in [1.807, 2.05) is 0 Å². The number of benzene rings is 2. The fourth-order valence-corrected chi connectivity index (χ4v) is 2.46. The van der Waals surface area contributed by atoms with E-state index in [0.717, 1.165) is 5.56 Å². The number of carbonyl (C=O) groups excluding carboxylic acids is 2. The number of allylic oxidation sites excluding steroid dienone is 2. The van der Waals surface area contributed by atoms with Gasteiger partial charge in [-0.1, -0.05) is 36.4 Å². The SMILES string of the molecule is O=C1C=C(Cc2ccc([N+](=O)[O-])cc2)C(=O)c2ccccc21. The molecule has 1 aliphatic rings. The van der Waals surface area contributed by atoms with Crippen LogP contribution in [0.25, 0.3) is 0 Å². The highest BCUT2D eigenvalue weighted by Gasteiger charge is 2.24. The molecule has 0 spiro atoms. The van der Waals surface area contributed by atoms with Crippen LogP contribution in [0.15, 0.2) is 60.2 Å². The van der Waals surface area contributed by atoms with Crippen LogP contribution in [-0.2, 0) is 6.42 Å². The normalized spacial score (nSPS) is 13.5. The Hall–Kier alpha value is -3.08. The first-order chi connectivity index (χ1) is 10.6. The van der Waals surface area contributed by atoms with Gasteiger partial charge in [-0.3, -0.25) is 19.7 Å². The third kappa shape index (κ3) is 2.44. The summed E-state index contributed by atoms with van der Waals surface area (Å²) in [6.07, 6.45) is 1.63. The number of nitro groups is 1. The Balaban J connectivity index is 1.89. The van der Waals surface area contributed by atoms with Gasteiger partial charge >= 0.3 is 0 Å². The van der Waals surface area contributed by atoms with Gasteiger partial charge in [0, 0.05) is 35.3 Å². The summed E-state index contributed by atoms with van der Waals surface area (Å²) in [6.45, 7) is 0. The maximum Gasteiger partial charge on any atom is 0.269 e. The van der Waals surface area contributed by atoms with Crippen LogP contribution in [0.3, 0.4) is 0 Å². The van der Waals surface area contributed by atoms with E-state index < -0.39 is 4.92 Å². The first kappa shape index (κ1) is 13.9. The predicted octanol–water partition coefficient (Wildman–Crippen LogP) is 3.14. The van der Waals surface area contributed by atoms with Gasteiger partial charge in [-0.05, 0) is 11.6 Å². The lowest BCUT2D eigenvalue weighted by molar-refractivity contribution is -0.384. The molecule has 2 aromatic carbocycles. The third-order valence-electron chi connectivity index (χ3n) is 3.58. The van der Waals surface area contributed by atoms with Crippen LogP contribution in [0.4, 0.5) is 5.69 Å². The third-order valence-corrected chi connectivity index (χ3v) is 3.58. The lowest BCUT2D eigenvalue weighted by Crippen LogP contribution is -2.18. The number of fused-ring (bicyclic) bond motifs is 1. The molecular weight excluding hydrogens is 282 g/mol. The highest BCUT2D eigenvalue weighted by atomic mass is 16.6. The lowest BCUT2D eigenvalue weighted by atomic mass is 9.87. The van der Waals surface area contributed by atoms with E-state index in [-0.39, 0.29) is 23.7 Å². The summed E-state index contributed by atoms with van der Waals surface area (Å²) in [5, 5.41) is 10.6. The highest BCUT2D eigenvalue weighted by Crippen LogP contribution is 2.24. The maximum atomic E-state index is 12.4. The Kier molecular flexibility index (Phi) is 3.39. The molecule has 0 heterocycles. The quantitative estimate of drug-likeness (QED) is 0.643. The molecule has 0 aliphatic heterocycles. The Morgan fingerprint density at radius 1 is 0.909 bits per heavy atom. The molecule has 0 bridgehead atoms. The van der Waals surface area contributed by atoms with Crippen molar-refractivity contribution in [1.82, 2.24) is 0 Å². The second-order valence-electron chi connectivity index (χ2n) is 5.01. The van der Waals surface area contributed by atoms with Crippen molar-refractivity contribution in [3.63, 3.8) is 0 Å². The van der Waals surface area contributed by atoms with E-state index in [1.54, 1.807) is 36.4 Å². The molecule has 0 aromatic heterocycles. The summed E-state index contributed by atoms with van der Waals surface area (Å²) < 4.78 is 0. The fourth-order valence-electron chi connectivity index (χ4n) is 2.46. The van der Waals surface area contributed by atoms with E-state index >= 15 is 0 Å². The summed E-state index contributed by atoms with van der Waals surface area (Å²) in [4.78, 5) is 34.6.